The van der Waals surface area contributed by atoms with Crippen molar-refractivity contribution in [2.24, 2.45) is 0 Å². The van der Waals surface area contributed by atoms with Gasteiger partial charge in [0, 0.05) is 4.90 Å². The Morgan fingerprint density at radius 1 is 1.21 bits per heavy atom. The second kappa shape index (κ2) is 7.49. The van der Waals surface area contributed by atoms with E-state index in [0.29, 0.717) is 5.75 Å². The Morgan fingerprint density at radius 3 is 2.89 bits per heavy atom. The van der Waals surface area contributed by atoms with E-state index in [-0.39, 0.29) is 11.6 Å². The molecule has 0 aliphatic heterocycles. The smallest absolute Gasteiger partial charge is 0.168 e. The topological polar surface area (TPSA) is 17.1 Å². The normalized spacial score (nSPS) is 19.1. The van der Waals surface area contributed by atoms with Gasteiger partial charge < -0.3 is 0 Å². The molecular formula is C16H19FOS. The highest BCUT2D eigenvalue weighted by Crippen LogP contribution is 2.23. The number of ketones is 1. The maximum absolute atomic E-state index is 13.0. The Bertz CT molecular complexity index is 468. The molecule has 0 spiro atoms. The lowest BCUT2D eigenvalue weighted by atomic mass is 9.98. The Morgan fingerprint density at radius 2 is 2.05 bits per heavy atom. The van der Waals surface area contributed by atoms with Crippen LogP contribution in [0.25, 0.3) is 0 Å². The van der Waals surface area contributed by atoms with E-state index in [9.17, 15) is 9.18 Å². The van der Waals surface area contributed by atoms with E-state index in [4.69, 9.17) is 0 Å². The van der Waals surface area contributed by atoms with E-state index in [1.165, 1.54) is 43.2 Å². The molecule has 0 amide bonds. The Labute approximate surface area is 118 Å². The largest absolute Gasteiger partial charge is 0.294 e. The molecule has 1 aromatic rings. The van der Waals surface area contributed by atoms with Crippen LogP contribution in [0.5, 0.6) is 0 Å². The number of benzene rings is 1. The van der Waals surface area contributed by atoms with Gasteiger partial charge in [0.15, 0.2) is 5.78 Å². The minimum absolute atomic E-state index is 0.205. The molecule has 1 aliphatic carbocycles. The number of thioether (sulfide) groups is 1. The molecule has 2 rings (SSSR count). The van der Waals surface area contributed by atoms with Gasteiger partial charge in [0.25, 0.3) is 0 Å². The van der Waals surface area contributed by atoms with Gasteiger partial charge in [0.05, 0.1) is 5.75 Å². The average Bonchev–Trinajstić information content (AvgIpc) is 2.36. The third kappa shape index (κ3) is 4.83. The first kappa shape index (κ1) is 14.3. The average molecular weight is 278 g/mol. The summed E-state index contributed by atoms with van der Waals surface area (Å²) in [7, 11) is 0. The lowest BCUT2D eigenvalue weighted by molar-refractivity contribution is -0.113. The monoisotopic (exact) mass is 278 g/mol. The van der Waals surface area contributed by atoms with Crippen LogP contribution in [0, 0.1) is 5.82 Å². The number of allylic oxidation sites excluding steroid dienone is 2. The minimum Gasteiger partial charge on any atom is -0.294 e. The fraction of sp³-hybridized carbons (Fsp3) is 0.438. The van der Waals surface area contributed by atoms with Gasteiger partial charge >= 0.3 is 0 Å². The van der Waals surface area contributed by atoms with Gasteiger partial charge in [-0.1, -0.05) is 25.0 Å². The second-order valence-electron chi connectivity index (χ2n) is 4.85. The third-order valence-corrected chi connectivity index (χ3v) is 4.31. The van der Waals surface area contributed by atoms with Crippen molar-refractivity contribution in [2.45, 2.75) is 43.4 Å². The first-order valence-electron chi connectivity index (χ1n) is 6.86. The summed E-state index contributed by atoms with van der Waals surface area (Å²) in [5.74, 6) is 0.369. The summed E-state index contributed by atoms with van der Waals surface area (Å²) in [5, 5.41) is 0. The molecule has 0 saturated heterocycles. The fourth-order valence-corrected chi connectivity index (χ4v) is 3.10. The molecule has 0 fully saturated rings. The van der Waals surface area contributed by atoms with Crippen molar-refractivity contribution in [3.8, 4) is 0 Å². The van der Waals surface area contributed by atoms with Crippen LogP contribution in [0.3, 0.4) is 0 Å². The van der Waals surface area contributed by atoms with Crippen LogP contribution in [0.1, 0.15) is 38.5 Å². The molecule has 0 aromatic heterocycles. The predicted octanol–water partition coefficient (Wildman–Crippen LogP) is 4.77. The zero-order valence-corrected chi connectivity index (χ0v) is 11.8. The summed E-state index contributed by atoms with van der Waals surface area (Å²) in [4.78, 5) is 13.0. The van der Waals surface area contributed by atoms with Crippen LogP contribution in [-0.4, -0.2) is 11.5 Å². The summed E-state index contributed by atoms with van der Waals surface area (Å²) in [6, 6.07) is 6.42. The van der Waals surface area contributed by atoms with Crippen LogP contribution < -0.4 is 0 Å². The molecule has 1 aromatic carbocycles. The summed E-state index contributed by atoms with van der Waals surface area (Å²) >= 11 is 1.42. The fourth-order valence-electron chi connectivity index (χ4n) is 2.24. The standard InChI is InChI=1S/C16H19FOS/c17-14-9-6-10-15(11-14)19-12-16(18)13-7-4-2-1-3-5-8-13/h6-7,9-11H,1-5,8,12H2/b13-7+. The number of halogens is 1. The van der Waals surface area contributed by atoms with Gasteiger partial charge in [-0.05, 0) is 49.5 Å². The molecule has 19 heavy (non-hydrogen) atoms. The van der Waals surface area contributed by atoms with Gasteiger partial charge in [0.1, 0.15) is 5.82 Å². The second-order valence-corrected chi connectivity index (χ2v) is 5.90. The van der Waals surface area contributed by atoms with E-state index in [2.05, 4.69) is 6.08 Å². The lowest BCUT2D eigenvalue weighted by Crippen LogP contribution is -2.07. The maximum Gasteiger partial charge on any atom is 0.168 e. The van der Waals surface area contributed by atoms with Crippen LogP contribution in [0.4, 0.5) is 4.39 Å². The van der Waals surface area contributed by atoms with Crippen molar-refractivity contribution in [1.82, 2.24) is 0 Å². The first-order valence-corrected chi connectivity index (χ1v) is 7.85. The first-order chi connectivity index (χ1) is 9.25. The summed E-state index contributed by atoms with van der Waals surface area (Å²) in [6.07, 6.45) is 8.83. The Hall–Kier alpha value is -1.09. The van der Waals surface area contributed by atoms with Gasteiger partial charge in [-0.3, -0.25) is 4.79 Å². The van der Waals surface area contributed by atoms with Crippen LogP contribution in [0.15, 0.2) is 40.8 Å². The number of hydrogen-bond donors (Lipinski definition) is 0. The third-order valence-electron chi connectivity index (χ3n) is 3.32. The number of carbonyl (C=O) groups excluding carboxylic acids is 1. The van der Waals surface area contributed by atoms with E-state index < -0.39 is 0 Å². The molecule has 0 saturated carbocycles. The minimum atomic E-state index is -0.248. The van der Waals surface area contributed by atoms with E-state index in [1.54, 1.807) is 6.07 Å². The molecule has 0 unspecified atom stereocenters. The van der Waals surface area contributed by atoms with Crippen molar-refractivity contribution in [2.75, 3.05) is 5.75 Å². The summed E-state index contributed by atoms with van der Waals surface area (Å²) in [6.45, 7) is 0. The highest BCUT2D eigenvalue weighted by Gasteiger charge is 2.11. The number of Topliss-reactive ketones (excluding diaryl/α,β-unsaturated/α-hetero) is 1. The molecule has 1 aliphatic rings. The van der Waals surface area contributed by atoms with Gasteiger partial charge in [-0.2, -0.15) is 0 Å². The highest BCUT2D eigenvalue weighted by atomic mass is 32.2. The Balaban J connectivity index is 1.89. The zero-order valence-electron chi connectivity index (χ0n) is 11.0. The van der Waals surface area contributed by atoms with E-state index >= 15 is 0 Å². The molecular weight excluding hydrogens is 259 g/mol. The van der Waals surface area contributed by atoms with Crippen molar-refractivity contribution >= 4 is 17.5 Å². The molecule has 3 heteroatoms. The van der Waals surface area contributed by atoms with Crippen molar-refractivity contribution in [3.05, 3.63) is 41.7 Å². The van der Waals surface area contributed by atoms with Crippen LogP contribution in [0.2, 0.25) is 0 Å². The van der Waals surface area contributed by atoms with Gasteiger partial charge in [-0.25, -0.2) is 4.39 Å². The van der Waals surface area contributed by atoms with Crippen molar-refractivity contribution < 1.29 is 9.18 Å². The van der Waals surface area contributed by atoms with Crippen molar-refractivity contribution in [1.29, 1.82) is 0 Å². The molecule has 0 N–H and O–H groups in total. The highest BCUT2D eigenvalue weighted by molar-refractivity contribution is 8.00. The molecule has 0 atom stereocenters. The molecule has 0 heterocycles. The molecule has 0 bridgehead atoms. The van der Waals surface area contributed by atoms with E-state index in [1.807, 2.05) is 6.07 Å². The summed E-state index contributed by atoms with van der Waals surface area (Å²) in [5.41, 5.74) is 0.976. The Kier molecular flexibility index (Phi) is 5.64. The van der Waals surface area contributed by atoms with Gasteiger partial charge in [0.2, 0.25) is 0 Å². The summed E-state index contributed by atoms with van der Waals surface area (Å²) < 4.78 is 13.0. The number of hydrogen-bond acceptors (Lipinski definition) is 2. The zero-order chi connectivity index (χ0) is 13.5. The number of rotatable bonds is 4. The van der Waals surface area contributed by atoms with Crippen LogP contribution in [-0.2, 0) is 4.79 Å². The van der Waals surface area contributed by atoms with E-state index in [0.717, 1.165) is 29.7 Å². The molecule has 0 radical (unpaired) electrons. The molecule has 102 valence electrons. The quantitative estimate of drug-likeness (QED) is 0.738. The van der Waals surface area contributed by atoms with Gasteiger partial charge in [-0.15, -0.1) is 11.8 Å². The molecule has 1 nitrogen and oxygen atoms in total. The predicted molar refractivity (Wildman–Crippen MR) is 77.9 cm³/mol. The van der Waals surface area contributed by atoms with Crippen LogP contribution >= 0.6 is 11.8 Å². The SMILES string of the molecule is O=C(CSc1cccc(F)c1)/C1=C/CCCCCC1. The van der Waals surface area contributed by atoms with Crippen molar-refractivity contribution in [3.63, 3.8) is 0 Å². The number of carbonyl (C=O) groups is 1. The maximum atomic E-state index is 13.0. The lowest BCUT2D eigenvalue weighted by Gasteiger charge is -2.10.